The van der Waals surface area contributed by atoms with Crippen molar-refractivity contribution in [1.29, 1.82) is 5.26 Å². The minimum Gasteiger partial charge on any atom is -0.465 e. The largest absolute Gasteiger partial charge is 0.465 e. The van der Waals surface area contributed by atoms with E-state index in [-0.39, 0.29) is 16.9 Å². The Kier molecular flexibility index (Phi) is 4.41. The summed E-state index contributed by atoms with van der Waals surface area (Å²) in [6, 6.07) is 6.52. The average Bonchev–Trinajstić information content (AvgIpc) is 2.35. The van der Waals surface area contributed by atoms with Crippen LogP contribution in [0.3, 0.4) is 0 Å². The number of esters is 1. The summed E-state index contributed by atoms with van der Waals surface area (Å²) in [6.45, 7) is 1.44. The SMILES string of the molecule is COC(=O)c1ccc(C(Br)C(C)=O)cc1C#N. The highest BCUT2D eigenvalue weighted by Crippen LogP contribution is 2.25. The molecule has 0 radical (unpaired) electrons. The summed E-state index contributed by atoms with van der Waals surface area (Å²) in [5, 5.41) is 8.95. The summed E-state index contributed by atoms with van der Waals surface area (Å²) in [7, 11) is 1.25. The van der Waals surface area contributed by atoms with Crippen molar-refractivity contribution >= 4 is 27.7 Å². The van der Waals surface area contributed by atoms with E-state index in [0.717, 1.165) is 0 Å². The molecule has 0 aliphatic rings. The van der Waals surface area contributed by atoms with Gasteiger partial charge >= 0.3 is 5.97 Å². The molecular formula is C12H10BrNO3. The van der Waals surface area contributed by atoms with E-state index < -0.39 is 10.8 Å². The number of alkyl halides is 1. The number of hydrogen-bond donors (Lipinski definition) is 0. The molecule has 1 atom stereocenters. The van der Waals surface area contributed by atoms with E-state index in [4.69, 9.17) is 5.26 Å². The molecule has 5 heteroatoms. The van der Waals surface area contributed by atoms with E-state index in [1.54, 1.807) is 6.07 Å². The number of ether oxygens (including phenoxy) is 1. The first kappa shape index (κ1) is 13.4. The number of methoxy groups -OCH3 is 1. The number of benzene rings is 1. The average molecular weight is 296 g/mol. The van der Waals surface area contributed by atoms with Crippen LogP contribution >= 0.6 is 15.9 Å². The van der Waals surface area contributed by atoms with Gasteiger partial charge in [0.25, 0.3) is 0 Å². The number of ketones is 1. The monoisotopic (exact) mass is 295 g/mol. The second-order valence-corrected chi connectivity index (χ2v) is 4.30. The Morgan fingerprint density at radius 3 is 2.59 bits per heavy atom. The zero-order valence-electron chi connectivity index (χ0n) is 9.36. The first-order valence-corrected chi connectivity index (χ1v) is 5.69. The van der Waals surface area contributed by atoms with Crippen molar-refractivity contribution in [1.82, 2.24) is 0 Å². The lowest BCUT2D eigenvalue weighted by molar-refractivity contribution is -0.116. The molecule has 17 heavy (non-hydrogen) atoms. The van der Waals surface area contributed by atoms with Gasteiger partial charge in [-0.15, -0.1) is 0 Å². The van der Waals surface area contributed by atoms with Gasteiger partial charge in [-0.3, -0.25) is 4.79 Å². The number of hydrogen-bond acceptors (Lipinski definition) is 4. The predicted octanol–water partition coefficient (Wildman–Crippen LogP) is 2.37. The van der Waals surface area contributed by atoms with Crippen LogP contribution in [0.2, 0.25) is 0 Å². The van der Waals surface area contributed by atoms with Crippen LogP contribution in [0.4, 0.5) is 0 Å². The lowest BCUT2D eigenvalue weighted by atomic mass is 10.0. The van der Waals surface area contributed by atoms with E-state index in [2.05, 4.69) is 20.7 Å². The number of nitriles is 1. The Balaban J connectivity index is 3.23. The Morgan fingerprint density at radius 2 is 2.12 bits per heavy atom. The Labute approximate surface area is 107 Å². The number of carbonyl (C=O) groups is 2. The smallest absolute Gasteiger partial charge is 0.339 e. The molecular weight excluding hydrogens is 286 g/mol. The lowest BCUT2D eigenvalue weighted by Crippen LogP contribution is -2.07. The van der Waals surface area contributed by atoms with Crippen LogP contribution in [0.25, 0.3) is 0 Å². The van der Waals surface area contributed by atoms with Crippen LogP contribution in [-0.4, -0.2) is 18.9 Å². The van der Waals surface area contributed by atoms with Crippen LogP contribution < -0.4 is 0 Å². The van der Waals surface area contributed by atoms with Crippen molar-refractivity contribution < 1.29 is 14.3 Å². The van der Waals surface area contributed by atoms with Crippen LogP contribution in [0.5, 0.6) is 0 Å². The van der Waals surface area contributed by atoms with Gasteiger partial charge < -0.3 is 4.74 Å². The highest BCUT2D eigenvalue weighted by Gasteiger charge is 2.17. The summed E-state index contributed by atoms with van der Waals surface area (Å²) in [5.74, 6) is -0.637. The topological polar surface area (TPSA) is 67.2 Å². The number of rotatable bonds is 3. The molecule has 0 aromatic heterocycles. The van der Waals surface area contributed by atoms with Crippen molar-refractivity contribution in [2.45, 2.75) is 11.8 Å². The summed E-state index contributed by atoms with van der Waals surface area (Å²) in [4.78, 5) is 22.1. The Hall–Kier alpha value is -1.67. The lowest BCUT2D eigenvalue weighted by Gasteiger charge is -2.08. The fourth-order valence-corrected chi connectivity index (χ4v) is 1.62. The number of halogens is 1. The van der Waals surface area contributed by atoms with Crippen molar-refractivity contribution in [2.24, 2.45) is 0 Å². The molecule has 1 unspecified atom stereocenters. The second-order valence-electron chi connectivity index (χ2n) is 3.38. The Morgan fingerprint density at radius 1 is 1.47 bits per heavy atom. The van der Waals surface area contributed by atoms with E-state index in [1.165, 1.54) is 26.2 Å². The third-order valence-electron chi connectivity index (χ3n) is 2.22. The second kappa shape index (κ2) is 5.60. The van der Waals surface area contributed by atoms with Crippen molar-refractivity contribution in [3.05, 3.63) is 34.9 Å². The van der Waals surface area contributed by atoms with E-state index >= 15 is 0 Å². The molecule has 0 spiro atoms. The van der Waals surface area contributed by atoms with Gasteiger partial charge in [-0.25, -0.2) is 4.79 Å². The first-order chi connectivity index (χ1) is 8.01. The molecule has 0 aliphatic heterocycles. The summed E-state index contributed by atoms with van der Waals surface area (Å²) < 4.78 is 4.56. The van der Waals surface area contributed by atoms with Gasteiger partial charge in [-0.05, 0) is 24.6 Å². The van der Waals surface area contributed by atoms with E-state index in [9.17, 15) is 9.59 Å². The fourth-order valence-electron chi connectivity index (χ4n) is 1.33. The highest BCUT2D eigenvalue weighted by atomic mass is 79.9. The van der Waals surface area contributed by atoms with Crippen LogP contribution in [-0.2, 0) is 9.53 Å². The molecule has 0 N–H and O–H groups in total. The maximum Gasteiger partial charge on any atom is 0.339 e. The summed E-state index contributed by atoms with van der Waals surface area (Å²) >= 11 is 3.22. The third kappa shape index (κ3) is 2.92. The molecule has 0 saturated heterocycles. The van der Waals surface area contributed by atoms with Crippen molar-refractivity contribution in [3.63, 3.8) is 0 Å². The van der Waals surface area contributed by atoms with Gasteiger partial charge in [0.2, 0.25) is 0 Å². The summed E-state index contributed by atoms with van der Waals surface area (Å²) in [6.07, 6.45) is 0. The molecule has 0 fully saturated rings. The third-order valence-corrected chi connectivity index (χ3v) is 3.39. The zero-order valence-corrected chi connectivity index (χ0v) is 10.9. The van der Waals surface area contributed by atoms with Gasteiger partial charge in [-0.1, -0.05) is 22.0 Å². The molecule has 0 bridgehead atoms. The molecule has 4 nitrogen and oxygen atoms in total. The normalized spacial score (nSPS) is 11.4. The molecule has 0 heterocycles. The van der Waals surface area contributed by atoms with Gasteiger partial charge in [0, 0.05) is 0 Å². The maximum absolute atomic E-state index is 11.4. The minimum atomic E-state index is -0.568. The molecule has 0 saturated carbocycles. The standard InChI is InChI=1S/C12H10BrNO3/c1-7(15)11(13)8-3-4-10(12(16)17-2)9(5-8)6-14/h3-5,11H,1-2H3. The molecule has 0 amide bonds. The van der Waals surface area contributed by atoms with Crippen molar-refractivity contribution in [2.75, 3.05) is 7.11 Å². The molecule has 1 aromatic carbocycles. The minimum absolute atomic E-state index is 0.0697. The Bertz CT molecular complexity index is 505. The first-order valence-electron chi connectivity index (χ1n) is 4.78. The molecule has 88 valence electrons. The van der Waals surface area contributed by atoms with E-state index in [0.29, 0.717) is 5.56 Å². The molecule has 0 aliphatic carbocycles. The van der Waals surface area contributed by atoms with Gasteiger partial charge in [-0.2, -0.15) is 5.26 Å². The van der Waals surface area contributed by atoms with Crippen molar-refractivity contribution in [3.8, 4) is 6.07 Å². The molecule has 1 rings (SSSR count). The number of Topliss-reactive ketones (excluding diaryl/α,β-unsaturated/α-hetero) is 1. The number of carbonyl (C=O) groups excluding carboxylic acids is 2. The zero-order chi connectivity index (χ0) is 13.0. The van der Waals surface area contributed by atoms with Gasteiger partial charge in [0.15, 0.2) is 0 Å². The molecule has 1 aromatic rings. The fraction of sp³-hybridized carbons (Fsp3) is 0.250. The highest BCUT2D eigenvalue weighted by molar-refractivity contribution is 9.09. The van der Waals surface area contributed by atoms with Crippen LogP contribution in [0.1, 0.15) is 33.2 Å². The maximum atomic E-state index is 11.4. The predicted molar refractivity (Wildman–Crippen MR) is 64.8 cm³/mol. The quantitative estimate of drug-likeness (QED) is 0.634. The van der Waals surface area contributed by atoms with Gasteiger partial charge in [0.1, 0.15) is 11.9 Å². The van der Waals surface area contributed by atoms with Gasteiger partial charge in [0.05, 0.1) is 23.1 Å². The van der Waals surface area contributed by atoms with Crippen LogP contribution in [0, 0.1) is 11.3 Å². The van der Waals surface area contributed by atoms with Crippen LogP contribution in [0.15, 0.2) is 18.2 Å². The summed E-state index contributed by atoms with van der Waals surface area (Å²) in [5.41, 5.74) is 1.03. The number of nitrogens with zero attached hydrogens (tertiary/aromatic N) is 1. The van der Waals surface area contributed by atoms with E-state index in [1.807, 2.05) is 6.07 Å².